The lowest BCUT2D eigenvalue weighted by atomic mass is 9.89. The third-order valence-electron chi connectivity index (χ3n) is 6.61. The fourth-order valence-electron chi connectivity index (χ4n) is 4.79. The summed E-state index contributed by atoms with van der Waals surface area (Å²) in [5, 5.41) is 12.2. The van der Waals surface area contributed by atoms with E-state index in [1.165, 1.54) is 0 Å². The minimum atomic E-state index is -3.82. The first-order chi connectivity index (χ1) is 16.4. The molecule has 8 nitrogen and oxygen atoms in total. The number of halogens is 1. The van der Waals surface area contributed by atoms with Crippen LogP contribution in [0.15, 0.2) is 53.7 Å². The molecule has 2 saturated heterocycles. The molecule has 5 rings (SSSR count). The van der Waals surface area contributed by atoms with Gasteiger partial charge in [-0.3, -0.25) is 4.72 Å². The van der Waals surface area contributed by atoms with Crippen molar-refractivity contribution in [2.75, 3.05) is 24.4 Å². The summed E-state index contributed by atoms with van der Waals surface area (Å²) >= 11 is 6.28. The summed E-state index contributed by atoms with van der Waals surface area (Å²) in [6, 6.07) is 12.4. The number of anilines is 1. The maximum atomic E-state index is 13.3. The van der Waals surface area contributed by atoms with Gasteiger partial charge in [-0.25, -0.2) is 8.42 Å². The highest BCUT2D eigenvalue weighted by atomic mass is 35.5. The Bertz CT molecular complexity index is 1260. The molecule has 10 heteroatoms. The Morgan fingerprint density at radius 2 is 2.00 bits per heavy atom. The highest BCUT2D eigenvalue weighted by molar-refractivity contribution is 7.92. The summed E-state index contributed by atoms with van der Waals surface area (Å²) in [5.74, 6) is 0.964. The fourth-order valence-corrected chi connectivity index (χ4v) is 6.05. The highest BCUT2D eigenvalue weighted by Crippen LogP contribution is 2.34. The number of sulfonamides is 1. The van der Waals surface area contributed by atoms with E-state index in [-0.39, 0.29) is 17.0 Å². The van der Waals surface area contributed by atoms with Crippen molar-refractivity contribution in [2.24, 2.45) is 0 Å². The zero-order chi connectivity index (χ0) is 23.7. The molecule has 2 N–H and O–H groups in total. The molecule has 0 saturated carbocycles. The van der Waals surface area contributed by atoms with Crippen LogP contribution in [0.5, 0.6) is 0 Å². The van der Waals surface area contributed by atoms with Crippen molar-refractivity contribution in [1.82, 2.24) is 20.1 Å². The summed E-state index contributed by atoms with van der Waals surface area (Å²) in [4.78, 5) is 0.207. The standard InChI is InChI=1S/C24H28ClN5O3S/c1-16-12-18(9-11-33-16)17-2-5-21(6-3-17)34(31,32)29-23-7-4-19(25)13-22(23)24-28-27-15-30(24)20-8-10-26-14-20/h2-7,13,15-16,18,20,26,29H,8-12,14H2,1H3/t16?,18?,20-/m0/s1. The van der Waals surface area contributed by atoms with E-state index in [2.05, 4.69) is 27.2 Å². The Hall–Kier alpha value is -2.46. The monoisotopic (exact) mass is 501 g/mol. The molecule has 1 aromatic heterocycles. The maximum absolute atomic E-state index is 13.3. The Morgan fingerprint density at radius 1 is 1.18 bits per heavy atom. The van der Waals surface area contributed by atoms with Gasteiger partial charge in [0.05, 0.1) is 22.7 Å². The molecule has 0 radical (unpaired) electrons. The summed E-state index contributed by atoms with van der Waals surface area (Å²) in [6.07, 6.45) is 4.73. The van der Waals surface area contributed by atoms with E-state index in [9.17, 15) is 8.42 Å². The van der Waals surface area contributed by atoms with Crippen LogP contribution in [0.25, 0.3) is 11.4 Å². The van der Waals surface area contributed by atoms with Gasteiger partial charge in [0.15, 0.2) is 5.82 Å². The van der Waals surface area contributed by atoms with Gasteiger partial charge in [-0.15, -0.1) is 10.2 Å². The number of nitrogens with zero attached hydrogens (tertiary/aromatic N) is 3. The van der Waals surface area contributed by atoms with E-state index in [1.54, 1.807) is 36.7 Å². The SMILES string of the molecule is CC1CC(c2ccc(S(=O)(=O)Nc3ccc(Cl)cc3-c3nncn3[C@H]3CCNC3)cc2)CCO1. The number of benzene rings is 2. The van der Waals surface area contributed by atoms with Gasteiger partial charge >= 0.3 is 0 Å². The maximum Gasteiger partial charge on any atom is 0.261 e. The molecule has 2 aliphatic heterocycles. The number of nitrogens with one attached hydrogen (secondary N) is 2. The first kappa shape index (κ1) is 23.3. The summed E-state index contributed by atoms with van der Waals surface area (Å²) in [6.45, 7) is 4.53. The van der Waals surface area contributed by atoms with Crippen LogP contribution >= 0.6 is 11.6 Å². The van der Waals surface area contributed by atoms with Crippen LogP contribution < -0.4 is 10.0 Å². The normalized spacial score (nSPS) is 23.2. The number of ether oxygens (including phenoxy) is 1. The van der Waals surface area contributed by atoms with Gasteiger partial charge in [-0.2, -0.15) is 0 Å². The van der Waals surface area contributed by atoms with Gasteiger partial charge in [0.25, 0.3) is 10.0 Å². The first-order valence-corrected chi connectivity index (χ1v) is 13.4. The molecular weight excluding hydrogens is 474 g/mol. The second-order valence-electron chi connectivity index (χ2n) is 8.98. The molecule has 180 valence electrons. The molecule has 0 amide bonds. The molecule has 2 aliphatic rings. The van der Waals surface area contributed by atoms with Crippen LogP contribution in [-0.2, 0) is 14.8 Å². The molecular formula is C24H28ClN5O3S. The lowest BCUT2D eigenvalue weighted by molar-refractivity contribution is 0.0186. The zero-order valence-electron chi connectivity index (χ0n) is 18.9. The molecule has 0 spiro atoms. The summed E-state index contributed by atoms with van der Waals surface area (Å²) in [5.41, 5.74) is 2.14. The van der Waals surface area contributed by atoms with Gasteiger partial charge < -0.3 is 14.6 Å². The van der Waals surface area contributed by atoms with E-state index in [0.717, 1.165) is 44.5 Å². The van der Waals surface area contributed by atoms with Crippen molar-refractivity contribution >= 4 is 27.3 Å². The van der Waals surface area contributed by atoms with E-state index in [0.29, 0.717) is 28.0 Å². The Morgan fingerprint density at radius 3 is 2.74 bits per heavy atom. The topological polar surface area (TPSA) is 98.1 Å². The molecule has 0 bridgehead atoms. The molecule has 2 aromatic carbocycles. The molecule has 3 atom stereocenters. The molecule has 34 heavy (non-hydrogen) atoms. The van der Waals surface area contributed by atoms with Crippen molar-refractivity contribution in [3.8, 4) is 11.4 Å². The largest absolute Gasteiger partial charge is 0.378 e. The van der Waals surface area contributed by atoms with Gasteiger partial charge in [-0.1, -0.05) is 23.7 Å². The van der Waals surface area contributed by atoms with E-state index in [1.807, 2.05) is 16.7 Å². The van der Waals surface area contributed by atoms with Crippen molar-refractivity contribution < 1.29 is 13.2 Å². The van der Waals surface area contributed by atoms with Crippen LogP contribution in [0.1, 0.15) is 43.7 Å². The minimum Gasteiger partial charge on any atom is -0.378 e. The minimum absolute atomic E-state index is 0.203. The second kappa shape index (κ2) is 9.65. The number of hydrogen-bond acceptors (Lipinski definition) is 6. The number of aromatic nitrogens is 3. The predicted octanol–water partition coefficient (Wildman–Crippen LogP) is 4.22. The van der Waals surface area contributed by atoms with Gasteiger partial charge in [-0.05, 0) is 74.5 Å². The smallest absolute Gasteiger partial charge is 0.261 e. The first-order valence-electron chi connectivity index (χ1n) is 11.6. The lowest BCUT2D eigenvalue weighted by Gasteiger charge is -2.27. The van der Waals surface area contributed by atoms with Crippen LogP contribution in [0.3, 0.4) is 0 Å². The van der Waals surface area contributed by atoms with Crippen LogP contribution in [-0.4, -0.2) is 49.0 Å². The van der Waals surface area contributed by atoms with Crippen LogP contribution in [0.2, 0.25) is 5.02 Å². The lowest BCUT2D eigenvalue weighted by Crippen LogP contribution is -2.21. The third kappa shape index (κ3) is 4.84. The average Bonchev–Trinajstić information content (AvgIpc) is 3.52. The second-order valence-corrected chi connectivity index (χ2v) is 11.1. The van der Waals surface area contributed by atoms with Crippen molar-refractivity contribution in [3.05, 3.63) is 59.4 Å². The fraction of sp³-hybridized carbons (Fsp3) is 0.417. The van der Waals surface area contributed by atoms with Gasteiger partial charge in [0.1, 0.15) is 6.33 Å². The zero-order valence-corrected chi connectivity index (χ0v) is 20.5. The summed E-state index contributed by atoms with van der Waals surface area (Å²) in [7, 11) is -3.82. The van der Waals surface area contributed by atoms with Crippen molar-refractivity contribution in [2.45, 2.75) is 49.1 Å². The van der Waals surface area contributed by atoms with E-state index >= 15 is 0 Å². The van der Waals surface area contributed by atoms with E-state index < -0.39 is 10.0 Å². The molecule has 2 fully saturated rings. The number of rotatable bonds is 6. The number of hydrogen-bond donors (Lipinski definition) is 2. The quantitative estimate of drug-likeness (QED) is 0.525. The van der Waals surface area contributed by atoms with Gasteiger partial charge in [0.2, 0.25) is 0 Å². The molecule has 2 unspecified atom stereocenters. The average molecular weight is 502 g/mol. The molecule has 0 aliphatic carbocycles. The summed E-state index contributed by atoms with van der Waals surface area (Å²) < 4.78 is 36.9. The van der Waals surface area contributed by atoms with Crippen LogP contribution in [0, 0.1) is 0 Å². The molecule has 3 aromatic rings. The molecule has 3 heterocycles. The Balaban J connectivity index is 1.42. The van der Waals surface area contributed by atoms with Crippen molar-refractivity contribution in [1.29, 1.82) is 0 Å². The predicted molar refractivity (Wildman–Crippen MR) is 132 cm³/mol. The Kier molecular flexibility index (Phi) is 6.61. The highest BCUT2D eigenvalue weighted by Gasteiger charge is 2.25. The Labute approximate surface area is 204 Å². The van der Waals surface area contributed by atoms with Crippen LogP contribution in [0.4, 0.5) is 5.69 Å². The van der Waals surface area contributed by atoms with Crippen molar-refractivity contribution in [3.63, 3.8) is 0 Å². The van der Waals surface area contributed by atoms with Gasteiger partial charge in [0, 0.05) is 23.7 Å². The van der Waals surface area contributed by atoms with E-state index in [4.69, 9.17) is 16.3 Å². The third-order valence-corrected chi connectivity index (χ3v) is 8.23.